The number of likely N-dealkylation sites (N-methyl/N-ethyl adjacent to an activating group) is 1. The Morgan fingerprint density at radius 1 is 1.09 bits per heavy atom. The lowest BCUT2D eigenvalue weighted by Gasteiger charge is -2.54. The molecule has 1 N–H and O–H groups in total. The Bertz CT molecular complexity index is 1050. The number of halogens is 1. The molecule has 1 aliphatic heterocycles. The highest BCUT2D eigenvalue weighted by Gasteiger charge is 2.47. The monoisotopic (exact) mass is 477 g/mol. The molecule has 2 aromatic rings. The summed E-state index contributed by atoms with van der Waals surface area (Å²) < 4.78 is 13.1. The van der Waals surface area contributed by atoms with E-state index in [-0.39, 0.29) is 11.7 Å². The van der Waals surface area contributed by atoms with E-state index in [1.54, 1.807) is 18.5 Å². The van der Waals surface area contributed by atoms with Gasteiger partial charge in [-0.1, -0.05) is 12.1 Å². The van der Waals surface area contributed by atoms with Crippen LogP contribution in [0.25, 0.3) is 0 Å². The second kappa shape index (κ2) is 9.49. The third kappa shape index (κ3) is 4.80. The lowest BCUT2D eigenvalue weighted by molar-refractivity contribution is -0.133. The third-order valence-corrected chi connectivity index (χ3v) is 9.06. The second-order valence-corrected chi connectivity index (χ2v) is 11.5. The molecule has 4 aliphatic carbocycles. The standard InChI is InChI=1S/C28H36FN5O/c1-33(14-18-2-4-23(29)5-3-18)16-27(35)34-7-6-24-26(15-34)31-17-32-28(24)30-13-25-21-9-19-8-20(11-21)12-22(25)10-19/h2-5,17,19-22,25H,6-16H2,1H3,(H,30,31,32). The van der Waals surface area contributed by atoms with Gasteiger partial charge in [0.2, 0.25) is 5.91 Å². The first-order valence-corrected chi connectivity index (χ1v) is 13.3. The minimum Gasteiger partial charge on any atom is -0.369 e. The molecule has 0 radical (unpaired) electrons. The Morgan fingerprint density at radius 2 is 1.80 bits per heavy atom. The topological polar surface area (TPSA) is 61.4 Å². The first-order valence-electron chi connectivity index (χ1n) is 13.3. The van der Waals surface area contributed by atoms with Crippen LogP contribution in [0.2, 0.25) is 0 Å². The first-order chi connectivity index (χ1) is 17.0. The van der Waals surface area contributed by atoms with Crippen LogP contribution in [0.3, 0.4) is 0 Å². The highest BCUT2D eigenvalue weighted by atomic mass is 19.1. The van der Waals surface area contributed by atoms with Gasteiger partial charge < -0.3 is 10.2 Å². The molecule has 0 unspecified atom stereocenters. The largest absolute Gasteiger partial charge is 0.369 e. The number of nitrogens with one attached hydrogen (secondary N) is 1. The summed E-state index contributed by atoms with van der Waals surface area (Å²) in [6, 6.07) is 6.45. The van der Waals surface area contributed by atoms with E-state index in [9.17, 15) is 9.18 Å². The van der Waals surface area contributed by atoms with E-state index in [1.165, 1.54) is 49.8 Å². The molecule has 7 heteroatoms. The van der Waals surface area contributed by atoms with Crippen molar-refractivity contribution in [2.75, 3.05) is 32.0 Å². The average molecular weight is 478 g/mol. The summed E-state index contributed by atoms with van der Waals surface area (Å²) in [6.07, 6.45) is 9.67. The molecular weight excluding hydrogens is 441 g/mol. The van der Waals surface area contributed by atoms with Gasteiger partial charge in [-0.2, -0.15) is 0 Å². The van der Waals surface area contributed by atoms with Gasteiger partial charge in [-0.25, -0.2) is 14.4 Å². The minimum atomic E-state index is -0.242. The van der Waals surface area contributed by atoms with Crippen LogP contribution in [0.15, 0.2) is 30.6 Å². The zero-order chi connectivity index (χ0) is 23.9. The zero-order valence-electron chi connectivity index (χ0n) is 20.6. The number of aromatic nitrogens is 2. The van der Waals surface area contributed by atoms with Crippen molar-refractivity contribution in [2.45, 2.75) is 51.6 Å². The summed E-state index contributed by atoms with van der Waals surface area (Å²) in [4.78, 5) is 26.0. The molecule has 7 rings (SSSR count). The number of amides is 1. The molecule has 4 fully saturated rings. The summed E-state index contributed by atoms with van der Waals surface area (Å²) in [5.74, 6) is 5.41. The van der Waals surface area contributed by atoms with Crippen LogP contribution in [-0.4, -0.2) is 52.4 Å². The zero-order valence-corrected chi connectivity index (χ0v) is 20.6. The van der Waals surface area contributed by atoms with Crippen molar-refractivity contribution in [3.63, 3.8) is 0 Å². The minimum absolute atomic E-state index is 0.0991. The van der Waals surface area contributed by atoms with E-state index in [0.29, 0.717) is 26.2 Å². The second-order valence-electron chi connectivity index (χ2n) is 11.5. The SMILES string of the molecule is CN(CC(=O)N1CCc2c(ncnc2NCC2C3CC4CC(C3)CC2C4)C1)Cc1ccc(F)cc1. The van der Waals surface area contributed by atoms with Gasteiger partial charge in [-0.05, 0) is 92.9 Å². The van der Waals surface area contributed by atoms with E-state index in [1.807, 2.05) is 16.8 Å². The predicted octanol–water partition coefficient (Wildman–Crippen LogP) is 4.12. The average Bonchev–Trinajstić information content (AvgIpc) is 2.84. The number of carbonyl (C=O) groups is 1. The van der Waals surface area contributed by atoms with Gasteiger partial charge in [-0.15, -0.1) is 0 Å². The fourth-order valence-corrected chi connectivity index (χ4v) is 7.59. The molecule has 1 amide bonds. The molecule has 0 spiro atoms. The van der Waals surface area contributed by atoms with Crippen LogP contribution in [0.4, 0.5) is 10.2 Å². The molecule has 1 aromatic heterocycles. The van der Waals surface area contributed by atoms with Crippen molar-refractivity contribution in [1.82, 2.24) is 19.8 Å². The summed E-state index contributed by atoms with van der Waals surface area (Å²) in [5.41, 5.74) is 3.14. The van der Waals surface area contributed by atoms with Gasteiger partial charge in [-0.3, -0.25) is 9.69 Å². The lowest BCUT2D eigenvalue weighted by atomic mass is 9.52. The van der Waals surface area contributed by atoms with Gasteiger partial charge in [0.05, 0.1) is 18.8 Å². The van der Waals surface area contributed by atoms with Gasteiger partial charge in [0, 0.05) is 25.2 Å². The molecule has 4 bridgehead atoms. The number of anilines is 1. The van der Waals surface area contributed by atoms with Crippen LogP contribution in [0.5, 0.6) is 0 Å². The molecule has 186 valence electrons. The molecule has 6 nitrogen and oxygen atoms in total. The van der Waals surface area contributed by atoms with Gasteiger partial charge in [0.15, 0.2) is 0 Å². The van der Waals surface area contributed by atoms with Gasteiger partial charge in [0.1, 0.15) is 18.0 Å². The van der Waals surface area contributed by atoms with Crippen molar-refractivity contribution in [2.24, 2.45) is 29.6 Å². The predicted molar refractivity (Wildman–Crippen MR) is 133 cm³/mol. The maximum absolute atomic E-state index is 13.1. The van der Waals surface area contributed by atoms with Crippen LogP contribution in [0, 0.1) is 35.4 Å². The number of hydrogen-bond acceptors (Lipinski definition) is 5. The Hall–Kier alpha value is -2.54. The molecular formula is C28H36FN5O. The summed E-state index contributed by atoms with van der Waals surface area (Å²) >= 11 is 0. The quantitative estimate of drug-likeness (QED) is 0.650. The van der Waals surface area contributed by atoms with E-state index >= 15 is 0 Å². The van der Waals surface area contributed by atoms with Crippen LogP contribution >= 0.6 is 0 Å². The third-order valence-electron chi connectivity index (χ3n) is 9.06. The fraction of sp³-hybridized carbons (Fsp3) is 0.607. The Balaban J connectivity index is 1.05. The Kier molecular flexibility index (Phi) is 6.21. The van der Waals surface area contributed by atoms with E-state index in [0.717, 1.165) is 59.6 Å². The van der Waals surface area contributed by atoms with Gasteiger partial charge in [0.25, 0.3) is 0 Å². The number of benzene rings is 1. The number of rotatable bonds is 7. The van der Waals surface area contributed by atoms with Crippen molar-refractivity contribution in [1.29, 1.82) is 0 Å². The maximum Gasteiger partial charge on any atom is 0.237 e. The highest BCUT2D eigenvalue weighted by Crippen LogP contribution is 2.56. The lowest BCUT2D eigenvalue weighted by Crippen LogP contribution is -2.47. The van der Waals surface area contributed by atoms with Crippen molar-refractivity contribution in [3.8, 4) is 0 Å². The van der Waals surface area contributed by atoms with Crippen LogP contribution in [-0.2, 0) is 24.3 Å². The fourth-order valence-electron chi connectivity index (χ4n) is 7.59. The summed E-state index contributed by atoms with van der Waals surface area (Å²) in [6.45, 7) is 3.19. The number of fused-ring (bicyclic) bond motifs is 1. The van der Waals surface area contributed by atoms with Crippen molar-refractivity contribution in [3.05, 3.63) is 53.2 Å². The normalized spacial score (nSPS) is 28.9. The van der Waals surface area contributed by atoms with Crippen molar-refractivity contribution >= 4 is 11.7 Å². The molecule has 4 saturated carbocycles. The first kappa shape index (κ1) is 22.9. The molecule has 1 aromatic carbocycles. The maximum atomic E-state index is 13.1. The summed E-state index contributed by atoms with van der Waals surface area (Å²) in [5, 5.41) is 3.72. The number of nitrogens with zero attached hydrogens (tertiary/aromatic N) is 4. The van der Waals surface area contributed by atoms with Crippen LogP contribution in [0.1, 0.15) is 48.9 Å². The molecule has 0 atom stereocenters. The van der Waals surface area contributed by atoms with Gasteiger partial charge >= 0.3 is 0 Å². The molecule has 0 saturated heterocycles. The Morgan fingerprint density at radius 3 is 2.51 bits per heavy atom. The Labute approximate surface area is 207 Å². The van der Waals surface area contributed by atoms with E-state index in [4.69, 9.17) is 0 Å². The number of hydrogen-bond donors (Lipinski definition) is 1. The molecule has 35 heavy (non-hydrogen) atoms. The van der Waals surface area contributed by atoms with Crippen molar-refractivity contribution < 1.29 is 9.18 Å². The smallest absolute Gasteiger partial charge is 0.237 e. The molecule has 5 aliphatic rings. The summed E-state index contributed by atoms with van der Waals surface area (Å²) in [7, 11) is 1.92. The van der Waals surface area contributed by atoms with E-state index < -0.39 is 0 Å². The number of carbonyl (C=O) groups excluding carboxylic acids is 1. The van der Waals surface area contributed by atoms with Crippen LogP contribution < -0.4 is 5.32 Å². The molecule has 2 heterocycles. The van der Waals surface area contributed by atoms with E-state index in [2.05, 4.69) is 15.3 Å². The highest BCUT2D eigenvalue weighted by molar-refractivity contribution is 5.78.